The maximum absolute atomic E-state index is 13.3. The lowest BCUT2D eigenvalue weighted by Gasteiger charge is -2.13. The van der Waals surface area contributed by atoms with Crippen molar-refractivity contribution >= 4 is 75.0 Å². The fraction of sp³-hybridized carbons (Fsp3) is 0.167. The summed E-state index contributed by atoms with van der Waals surface area (Å²) >= 11 is 3.99. The van der Waals surface area contributed by atoms with E-state index in [1.165, 1.54) is 34.4 Å². The molecule has 0 saturated heterocycles. The first-order chi connectivity index (χ1) is 20.3. The Morgan fingerprint density at radius 3 is 2.55 bits per heavy atom. The van der Waals surface area contributed by atoms with Gasteiger partial charge in [-0.3, -0.25) is 19.2 Å². The average molecular weight is 621 g/mol. The molecule has 0 aliphatic heterocycles. The summed E-state index contributed by atoms with van der Waals surface area (Å²) in [5.41, 5.74) is 1.57. The van der Waals surface area contributed by atoms with Gasteiger partial charge in [0.1, 0.15) is 5.70 Å². The van der Waals surface area contributed by atoms with Gasteiger partial charge in [0.2, 0.25) is 5.91 Å². The Hall–Kier alpha value is -4.26. The summed E-state index contributed by atoms with van der Waals surface area (Å²) in [4.78, 5) is 56.4. The zero-order valence-electron chi connectivity index (χ0n) is 22.8. The highest BCUT2D eigenvalue weighted by Crippen LogP contribution is 2.27. The second-order valence-corrected chi connectivity index (χ2v) is 12.0. The monoisotopic (exact) mass is 620 g/mol. The number of thiophene rings is 1. The molecular weight excluding hydrogens is 593 g/mol. The van der Waals surface area contributed by atoms with Gasteiger partial charge >= 0.3 is 5.97 Å². The Balaban J connectivity index is 1.38. The number of carbonyl (C=O) groups is 4. The van der Waals surface area contributed by atoms with E-state index in [2.05, 4.69) is 20.9 Å². The van der Waals surface area contributed by atoms with Gasteiger partial charge in [-0.25, -0.2) is 4.98 Å². The molecule has 0 bridgehead atoms. The van der Waals surface area contributed by atoms with Crippen LogP contribution in [0.15, 0.2) is 88.1 Å². The fourth-order valence-corrected chi connectivity index (χ4v) is 5.87. The topological polar surface area (TPSA) is 126 Å². The van der Waals surface area contributed by atoms with Gasteiger partial charge in [-0.05, 0) is 61.7 Å². The van der Waals surface area contributed by atoms with Crippen LogP contribution in [-0.4, -0.2) is 40.5 Å². The van der Waals surface area contributed by atoms with Crippen LogP contribution in [0.5, 0.6) is 0 Å². The van der Waals surface area contributed by atoms with Crippen LogP contribution in [0.3, 0.4) is 0 Å². The van der Waals surface area contributed by atoms with E-state index in [9.17, 15) is 19.2 Å². The fourth-order valence-electron chi connectivity index (χ4n) is 3.57. The third-order valence-electron chi connectivity index (χ3n) is 5.55. The van der Waals surface area contributed by atoms with Crippen LogP contribution in [0.1, 0.15) is 34.8 Å². The normalized spacial score (nSPS) is 11.8. The Labute approximate surface area is 255 Å². The SMILES string of the molecule is CCOC(=O)Cc1csc(NC(=O)C(C)Sc2cccc(NC(=O)/C(=C/c3cccs3)NC(=O)c3ccccc3)c2)n1. The van der Waals surface area contributed by atoms with Crippen molar-refractivity contribution in [1.29, 1.82) is 0 Å². The summed E-state index contributed by atoms with van der Waals surface area (Å²) in [6.07, 6.45) is 1.67. The molecule has 2 aromatic heterocycles. The van der Waals surface area contributed by atoms with Gasteiger partial charge in [-0.1, -0.05) is 30.3 Å². The number of nitrogens with zero attached hydrogens (tertiary/aromatic N) is 1. The Morgan fingerprint density at radius 2 is 1.81 bits per heavy atom. The zero-order valence-corrected chi connectivity index (χ0v) is 25.2. The number of ether oxygens (including phenoxy) is 1. The van der Waals surface area contributed by atoms with Crippen LogP contribution in [-0.2, 0) is 25.5 Å². The minimum absolute atomic E-state index is 0.0448. The first-order valence-corrected chi connectivity index (χ1v) is 15.5. The van der Waals surface area contributed by atoms with Crippen LogP contribution < -0.4 is 16.0 Å². The summed E-state index contributed by atoms with van der Waals surface area (Å²) in [6.45, 7) is 3.80. The average Bonchev–Trinajstić information content (AvgIpc) is 3.65. The molecule has 0 spiro atoms. The first-order valence-electron chi connectivity index (χ1n) is 12.9. The third-order valence-corrected chi connectivity index (χ3v) is 8.26. The summed E-state index contributed by atoms with van der Waals surface area (Å²) in [6, 6.07) is 19.5. The second-order valence-electron chi connectivity index (χ2n) is 8.75. The molecule has 1 atom stereocenters. The van der Waals surface area contributed by atoms with Crippen molar-refractivity contribution in [2.45, 2.75) is 30.4 Å². The van der Waals surface area contributed by atoms with Crippen molar-refractivity contribution in [2.24, 2.45) is 0 Å². The lowest BCUT2D eigenvalue weighted by molar-refractivity contribution is -0.142. The number of thiazole rings is 1. The van der Waals surface area contributed by atoms with Gasteiger partial charge in [0.25, 0.3) is 11.8 Å². The smallest absolute Gasteiger partial charge is 0.311 e. The van der Waals surface area contributed by atoms with Gasteiger partial charge in [-0.15, -0.1) is 34.4 Å². The molecule has 0 fully saturated rings. The van der Waals surface area contributed by atoms with Gasteiger partial charge in [0.05, 0.1) is 24.0 Å². The van der Waals surface area contributed by atoms with E-state index in [0.29, 0.717) is 28.7 Å². The molecule has 4 rings (SSSR count). The lowest BCUT2D eigenvalue weighted by atomic mass is 10.2. The largest absolute Gasteiger partial charge is 0.466 e. The highest BCUT2D eigenvalue weighted by atomic mass is 32.2. The first kappa shape index (κ1) is 30.7. The van der Waals surface area contributed by atoms with Gasteiger partial charge in [0, 0.05) is 26.4 Å². The summed E-state index contributed by atoms with van der Waals surface area (Å²) in [7, 11) is 0. The van der Waals surface area contributed by atoms with Crippen LogP contribution in [0.25, 0.3) is 6.08 Å². The molecule has 0 aliphatic rings. The highest BCUT2D eigenvalue weighted by molar-refractivity contribution is 8.00. The van der Waals surface area contributed by atoms with E-state index in [1.807, 2.05) is 29.6 Å². The number of anilines is 2. The van der Waals surface area contributed by atoms with Crippen molar-refractivity contribution < 1.29 is 23.9 Å². The molecule has 2 heterocycles. The molecule has 3 N–H and O–H groups in total. The van der Waals surface area contributed by atoms with Gasteiger partial charge < -0.3 is 20.7 Å². The van der Waals surface area contributed by atoms with Crippen molar-refractivity contribution in [2.75, 3.05) is 17.2 Å². The van der Waals surface area contributed by atoms with Crippen molar-refractivity contribution in [1.82, 2.24) is 10.3 Å². The van der Waals surface area contributed by atoms with Gasteiger partial charge in [0.15, 0.2) is 5.13 Å². The highest BCUT2D eigenvalue weighted by Gasteiger charge is 2.19. The van der Waals surface area contributed by atoms with E-state index in [0.717, 1.165) is 9.77 Å². The predicted octanol–water partition coefficient (Wildman–Crippen LogP) is 5.84. The molecule has 3 amide bonds. The van der Waals surface area contributed by atoms with Crippen molar-refractivity contribution in [3.05, 3.63) is 99.3 Å². The third kappa shape index (κ3) is 9.13. The summed E-state index contributed by atoms with van der Waals surface area (Å²) in [5, 5.41) is 11.9. The molecule has 0 aliphatic carbocycles. The van der Waals surface area contributed by atoms with Crippen molar-refractivity contribution in [3.63, 3.8) is 0 Å². The van der Waals surface area contributed by atoms with E-state index >= 15 is 0 Å². The Kier molecular flexibility index (Phi) is 11.0. The molecule has 4 aromatic rings. The maximum atomic E-state index is 13.3. The summed E-state index contributed by atoms with van der Waals surface area (Å²) in [5.74, 6) is -1.51. The second kappa shape index (κ2) is 15.1. The molecule has 216 valence electrons. The number of esters is 1. The zero-order chi connectivity index (χ0) is 29.9. The molecule has 0 radical (unpaired) electrons. The lowest BCUT2D eigenvalue weighted by Crippen LogP contribution is -2.30. The maximum Gasteiger partial charge on any atom is 0.311 e. The quantitative estimate of drug-likeness (QED) is 0.103. The van der Waals surface area contributed by atoms with Crippen LogP contribution in [0.4, 0.5) is 10.8 Å². The van der Waals surface area contributed by atoms with Crippen LogP contribution >= 0.6 is 34.4 Å². The van der Waals surface area contributed by atoms with E-state index in [1.54, 1.807) is 67.8 Å². The standard InChI is InChI=1S/C30H28N4O5S3/c1-3-39-26(35)16-22-18-41-30(32-22)34-27(36)19(2)42-24-12-7-11-21(15-24)31-29(38)25(17-23-13-8-14-40-23)33-28(37)20-9-5-4-6-10-20/h4-15,17-19H,3,16H2,1-2H3,(H,31,38)(H,33,37)(H,32,34,36)/b25-17-. The number of carbonyl (C=O) groups excluding carboxylic acids is 4. The predicted molar refractivity (Wildman–Crippen MR) is 168 cm³/mol. The number of rotatable bonds is 12. The Morgan fingerprint density at radius 1 is 1.00 bits per heavy atom. The molecule has 2 aromatic carbocycles. The number of benzene rings is 2. The molecule has 42 heavy (non-hydrogen) atoms. The molecule has 0 saturated carbocycles. The van der Waals surface area contributed by atoms with Crippen LogP contribution in [0.2, 0.25) is 0 Å². The van der Waals surface area contributed by atoms with Crippen LogP contribution in [0, 0.1) is 0 Å². The molecule has 9 nitrogen and oxygen atoms in total. The van der Waals surface area contributed by atoms with Crippen molar-refractivity contribution in [3.8, 4) is 0 Å². The number of nitrogens with one attached hydrogen (secondary N) is 3. The van der Waals surface area contributed by atoms with E-state index < -0.39 is 17.1 Å². The molecule has 1 unspecified atom stereocenters. The molecule has 12 heteroatoms. The number of amides is 3. The Bertz CT molecular complexity index is 1570. The van der Waals surface area contributed by atoms with E-state index in [4.69, 9.17) is 4.74 Å². The molecular formula is C30H28N4O5S3. The number of aromatic nitrogens is 1. The van der Waals surface area contributed by atoms with Gasteiger partial charge in [-0.2, -0.15) is 0 Å². The van der Waals surface area contributed by atoms with E-state index in [-0.39, 0.29) is 24.0 Å². The number of hydrogen-bond donors (Lipinski definition) is 3. The minimum Gasteiger partial charge on any atom is -0.466 e. The summed E-state index contributed by atoms with van der Waals surface area (Å²) < 4.78 is 4.93. The number of thioether (sulfide) groups is 1. The minimum atomic E-state index is -0.483. The number of hydrogen-bond acceptors (Lipinski definition) is 9.